The second kappa shape index (κ2) is 11.0. The van der Waals surface area contributed by atoms with Crippen LogP contribution in [0.25, 0.3) is 16.7 Å². The van der Waals surface area contributed by atoms with Gasteiger partial charge in [-0.05, 0) is 89.7 Å². The summed E-state index contributed by atoms with van der Waals surface area (Å²) in [6.07, 6.45) is 1.69. The number of rotatable bonds is 4. The Bertz CT molecular complexity index is 1240. The molecule has 4 nitrogen and oxygen atoms in total. The molecule has 158 valence electrons. The summed E-state index contributed by atoms with van der Waals surface area (Å²) in [5, 5.41) is 35.8. The van der Waals surface area contributed by atoms with Gasteiger partial charge < -0.3 is 10.2 Å². The molecule has 0 saturated heterocycles. The number of benzene rings is 3. The van der Waals surface area contributed by atoms with Crippen LogP contribution in [0.4, 0.5) is 0 Å². The first kappa shape index (κ1) is 23.7. The molecule has 0 aliphatic rings. The fourth-order valence-electron chi connectivity index (χ4n) is 2.97. The van der Waals surface area contributed by atoms with Crippen LogP contribution in [0.2, 0.25) is 0 Å². The number of allylic oxidation sites excluding steroid dienone is 4. The van der Waals surface area contributed by atoms with Gasteiger partial charge in [-0.2, -0.15) is 10.5 Å². The Labute approximate surface area is 189 Å². The summed E-state index contributed by atoms with van der Waals surface area (Å²) in [6.45, 7) is 11.4. The number of hydrogen-bond donors (Lipinski definition) is 2. The van der Waals surface area contributed by atoms with E-state index in [1.807, 2.05) is 44.2 Å². The molecule has 0 bridgehead atoms. The maximum atomic E-state index is 9.21. The third-order valence-electron chi connectivity index (χ3n) is 4.76. The highest BCUT2D eigenvalue weighted by molar-refractivity contribution is 5.77. The number of hydrogen-bond acceptors (Lipinski definition) is 4. The monoisotopic (exact) mass is 420 g/mol. The Morgan fingerprint density at radius 1 is 0.875 bits per heavy atom. The van der Waals surface area contributed by atoms with Gasteiger partial charge in [0.2, 0.25) is 0 Å². The lowest BCUT2D eigenvalue weighted by atomic mass is 9.99. The highest BCUT2D eigenvalue weighted by Gasteiger charge is 2.03. The van der Waals surface area contributed by atoms with Crippen LogP contribution in [-0.4, -0.2) is 10.2 Å². The van der Waals surface area contributed by atoms with E-state index in [0.29, 0.717) is 11.1 Å². The number of aryl methyl sites for hydroxylation is 1. The number of phenolic OH excluding ortho intramolecular Hbond substituents is 2. The van der Waals surface area contributed by atoms with Crippen LogP contribution < -0.4 is 0 Å². The van der Waals surface area contributed by atoms with Crippen molar-refractivity contribution in [2.75, 3.05) is 0 Å². The van der Waals surface area contributed by atoms with Gasteiger partial charge in [-0.15, -0.1) is 0 Å². The van der Waals surface area contributed by atoms with E-state index in [0.717, 1.165) is 33.4 Å². The summed E-state index contributed by atoms with van der Waals surface area (Å²) in [4.78, 5) is 0. The summed E-state index contributed by atoms with van der Waals surface area (Å²) in [5.74, 6) is 0.481. The Hall–Kier alpha value is -4.54. The smallest absolute Gasteiger partial charge is 0.115 e. The van der Waals surface area contributed by atoms with Gasteiger partial charge in [0.15, 0.2) is 0 Å². The largest absolute Gasteiger partial charge is 0.508 e. The first-order valence-corrected chi connectivity index (χ1v) is 9.81. The lowest BCUT2D eigenvalue weighted by Crippen LogP contribution is -1.85. The molecule has 0 amide bonds. The van der Waals surface area contributed by atoms with Crippen molar-refractivity contribution in [3.05, 3.63) is 114 Å². The highest BCUT2D eigenvalue weighted by atomic mass is 16.3. The summed E-state index contributed by atoms with van der Waals surface area (Å²) >= 11 is 0. The maximum absolute atomic E-state index is 9.21. The molecule has 0 unspecified atom stereocenters. The maximum Gasteiger partial charge on any atom is 0.115 e. The molecule has 4 heteroatoms. The number of nitrogens with zero attached hydrogens (tertiary/aromatic N) is 2. The van der Waals surface area contributed by atoms with Crippen LogP contribution >= 0.6 is 0 Å². The minimum Gasteiger partial charge on any atom is -0.508 e. The van der Waals surface area contributed by atoms with E-state index in [-0.39, 0.29) is 11.5 Å². The van der Waals surface area contributed by atoms with Gasteiger partial charge in [-0.25, -0.2) is 0 Å². The van der Waals surface area contributed by atoms with Gasteiger partial charge in [-0.1, -0.05) is 43.5 Å². The second-order valence-electron chi connectivity index (χ2n) is 7.18. The van der Waals surface area contributed by atoms with E-state index in [4.69, 9.17) is 15.6 Å². The normalized spacial score (nSPS) is 10.2. The quantitative estimate of drug-likeness (QED) is 0.364. The molecule has 0 aliphatic heterocycles. The van der Waals surface area contributed by atoms with Crippen molar-refractivity contribution < 1.29 is 10.2 Å². The van der Waals surface area contributed by atoms with Gasteiger partial charge >= 0.3 is 0 Å². The van der Waals surface area contributed by atoms with E-state index in [1.165, 1.54) is 0 Å². The van der Waals surface area contributed by atoms with Crippen LogP contribution in [0, 0.1) is 29.6 Å². The Morgan fingerprint density at radius 2 is 1.44 bits per heavy atom. The van der Waals surface area contributed by atoms with Gasteiger partial charge in [0.1, 0.15) is 11.5 Å². The van der Waals surface area contributed by atoms with E-state index in [2.05, 4.69) is 19.2 Å². The standard InChI is InChI=1S/C14H11NO.C14H13NO/c1-10-8-11(9-15)2-7-14(10)12-3-5-13(16)6-4-12;1-10(9-15)8-11(2)12(3)13-4-6-14(16)7-5-13/h2-8,16H,1H3;4-8,16H,1,3H2,2H3/b;11-8-. The molecule has 0 saturated carbocycles. The molecule has 3 aromatic rings. The minimum atomic E-state index is 0.222. The zero-order chi connectivity index (χ0) is 23.7. The Kier molecular flexibility index (Phi) is 8.17. The minimum absolute atomic E-state index is 0.222. The van der Waals surface area contributed by atoms with E-state index >= 15 is 0 Å². The van der Waals surface area contributed by atoms with Gasteiger partial charge in [0.05, 0.1) is 17.7 Å². The summed E-state index contributed by atoms with van der Waals surface area (Å²) in [5.41, 5.74) is 6.87. The van der Waals surface area contributed by atoms with Crippen LogP contribution in [-0.2, 0) is 0 Å². The summed E-state index contributed by atoms with van der Waals surface area (Å²) in [6, 6.07) is 23.5. The van der Waals surface area contributed by atoms with Gasteiger partial charge in [0, 0.05) is 5.57 Å². The summed E-state index contributed by atoms with van der Waals surface area (Å²) in [7, 11) is 0. The first-order chi connectivity index (χ1) is 15.2. The third kappa shape index (κ3) is 6.49. The molecule has 2 N–H and O–H groups in total. The molecule has 0 fully saturated rings. The van der Waals surface area contributed by atoms with Crippen LogP contribution in [0.15, 0.2) is 97.1 Å². The van der Waals surface area contributed by atoms with Crippen molar-refractivity contribution in [2.45, 2.75) is 13.8 Å². The fraction of sp³-hybridized carbons (Fsp3) is 0.0714. The van der Waals surface area contributed by atoms with E-state index in [9.17, 15) is 5.11 Å². The van der Waals surface area contributed by atoms with Gasteiger partial charge in [-0.3, -0.25) is 0 Å². The second-order valence-corrected chi connectivity index (χ2v) is 7.18. The molecule has 3 rings (SSSR count). The molecule has 0 spiro atoms. The van der Waals surface area contributed by atoms with Crippen LogP contribution in [0.5, 0.6) is 11.5 Å². The Morgan fingerprint density at radius 3 is 1.94 bits per heavy atom. The molecular weight excluding hydrogens is 396 g/mol. The number of phenols is 2. The first-order valence-electron chi connectivity index (χ1n) is 9.81. The zero-order valence-corrected chi connectivity index (χ0v) is 18.1. The van der Waals surface area contributed by atoms with Crippen molar-refractivity contribution in [1.29, 1.82) is 10.5 Å². The van der Waals surface area contributed by atoms with E-state index in [1.54, 1.807) is 48.5 Å². The number of nitriles is 2. The topological polar surface area (TPSA) is 88.0 Å². The van der Waals surface area contributed by atoms with Gasteiger partial charge in [0.25, 0.3) is 0 Å². The molecule has 3 aromatic carbocycles. The number of aromatic hydroxyl groups is 2. The Balaban J connectivity index is 0.000000227. The predicted molar refractivity (Wildman–Crippen MR) is 129 cm³/mol. The molecule has 32 heavy (non-hydrogen) atoms. The van der Waals surface area contributed by atoms with Crippen molar-refractivity contribution in [3.63, 3.8) is 0 Å². The molecule has 0 aromatic heterocycles. The van der Waals surface area contributed by atoms with Crippen molar-refractivity contribution in [2.24, 2.45) is 0 Å². The lowest BCUT2D eigenvalue weighted by Gasteiger charge is -2.06. The molecule has 0 aliphatic carbocycles. The van der Waals surface area contributed by atoms with Crippen molar-refractivity contribution >= 4 is 5.57 Å². The molecule has 0 heterocycles. The van der Waals surface area contributed by atoms with Crippen LogP contribution in [0.1, 0.15) is 23.6 Å². The SMILES string of the molecule is C=C(C#N)/C=C(/C)C(=C)c1ccc(O)cc1.Cc1cc(C#N)ccc1-c1ccc(O)cc1. The fourth-order valence-corrected chi connectivity index (χ4v) is 2.97. The zero-order valence-electron chi connectivity index (χ0n) is 18.1. The highest BCUT2D eigenvalue weighted by Crippen LogP contribution is 2.26. The average molecular weight is 421 g/mol. The average Bonchev–Trinajstić information content (AvgIpc) is 2.80. The third-order valence-corrected chi connectivity index (χ3v) is 4.76. The molecule has 0 radical (unpaired) electrons. The van der Waals surface area contributed by atoms with Crippen LogP contribution in [0.3, 0.4) is 0 Å². The lowest BCUT2D eigenvalue weighted by molar-refractivity contribution is 0.475. The molecule has 0 atom stereocenters. The van der Waals surface area contributed by atoms with Crippen molar-refractivity contribution in [3.8, 4) is 34.8 Å². The predicted octanol–water partition coefficient (Wildman–Crippen LogP) is 6.67. The molecular formula is C28H24N2O2. The van der Waals surface area contributed by atoms with Crippen molar-refractivity contribution in [1.82, 2.24) is 0 Å². The van der Waals surface area contributed by atoms with E-state index < -0.39 is 0 Å². The summed E-state index contributed by atoms with van der Waals surface area (Å²) < 4.78 is 0.